The van der Waals surface area contributed by atoms with E-state index in [1.54, 1.807) is 0 Å². The lowest BCUT2D eigenvalue weighted by molar-refractivity contribution is 0.405. The Labute approximate surface area is 128 Å². The van der Waals surface area contributed by atoms with Crippen molar-refractivity contribution >= 4 is 27.7 Å². The summed E-state index contributed by atoms with van der Waals surface area (Å²) < 4.78 is 32.6. The van der Waals surface area contributed by atoms with Crippen molar-refractivity contribution in [2.24, 2.45) is 0 Å². The Hall–Kier alpha value is -1.96. The first-order valence-electron chi connectivity index (χ1n) is 6.20. The molecule has 3 N–H and O–H groups in total. The molecule has 1 heterocycles. The molecular formula is C13H13BrF2N4O. The first-order valence-corrected chi connectivity index (χ1v) is 6.99. The molecule has 0 radical (unpaired) electrons. The Bertz CT molecular complexity index is 654. The summed E-state index contributed by atoms with van der Waals surface area (Å²) >= 11 is 3.07. The van der Waals surface area contributed by atoms with E-state index in [4.69, 9.17) is 10.5 Å². The van der Waals surface area contributed by atoms with Crippen molar-refractivity contribution in [3.63, 3.8) is 0 Å². The van der Waals surface area contributed by atoms with Gasteiger partial charge in [0.15, 0.2) is 11.6 Å². The first kappa shape index (κ1) is 15.4. The fourth-order valence-electron chi connectivity index (χ4n) is 1.56. The molecule has 8 heteroatoms. The van der Waals surface area contributed by atoms with Gasteiger partial charge >= 0.3 is 0 Å². The Kier molecular flexibility index (Phi) is 4.89. The highest BCUT2D eigenvalue weighted by Crippen LogP contribution is 2.29. The van der Waals surface area contributed by atoms with Crippen LogP contribution in [0.3, 0.4) is 0 Å². The van der Waals surface area contributed by atoms with Crippen LogP contribution in [0.15, 0.2) is 22.7 Å². The Morgan fingerprint density at radius 2 is 2.05 bits per heavy atom. The van der Waals surface area contributed by atoms with Gasteiger partial charge < -0.3 is 15.8 Å². The van der Waals surface area contributed by atoms with Crippen molar-refractivity contribution < 1.29 is 13.5 Å². The molecule has 5 nitrogen and oxygen atoms in total. The molecule has 0 saturated heterocycles. The third-order valence-electron chi connectivity index (χ3n) is 2.45. The van der Waals surface area contributed by atoms with Crippen LogP contribution in [0.2, 0.25) is 0 Å². The number of nitrogens with zero attached hydrogens (tertiary/aromatic N) is 2. The lowest BCUT2D eigenvalue weighted by Gasteiger charge is -2.10. The van der Waals surface area contributed by atoms with Crippen molar-refractivity contribution in [1.82, 2.24) is 9.97 Å². The number of nitrogens with one attached hydrogen (secondary N) is 1. The lowest BCUT2D eigenvalue weighted by Crippen LogP contribution is -2.06. The van der Waals surface area contributed by atoms with Crippen LogP contribution >= 0.6 is 15.9 Å². The zero-order chi connectivity index (χ0) is 15.4. The van der Waals surface area contributed by atoms with Crippen LogP contribution in [0.5, 0.6) is 11.6 Å². The maximum absolute atomic E-state index is 13.7. The number of hydrogen-bond donors (Lipinski definition) is 2. The summed E-state index contributed by atoms with van der Waals surface area (Å²) in [6.45, 7) is 2.68. The second-order valence-electron chi connectivity index (χ2n) is 4.18. The minimum atomic E-state index is -1.10. The molecule has 1 aromatic heterocycles. The monoisotopic (exact) mass is 358 g/mol. The fourth-order valence-corrected chi connectivity index (χ4v) is 1.97. The van der Waals surface area contributed by atoms with Gasteiger partial charge in [0.25, 0.3) is 0 Å². The number of aromatic nitrogens is 2. The SMILES string of the molecule is CCCNc1cc(Oc2cc(Br)cc(F)c2F)nc(N)n1. The first-order chi connectivity index (χ1) is 9.99. The highest BCUT2D eigenvalue weighted by molar-refractivity contribution is 9.10. The number of benzene rings is 1. The highest BCUT2D eigenvalue weighted by atomic mass is 79.9. The molecule has 1 aromatic carbocycles. The predicted octanol–water partition coefficient (Wildman–Crippen LogP) is 3.71. The van der Waals surface area contributed by atoms with Gasteiger partial charge in [-0.05, 0) is 18.6 Å². The Balaban J connectivity index is 2.29. The van der Waals surface area contributed by atoms with E-state index in [9.17, 15) is 8.78 Å². The van der Waals surface area contributed by atoms with Crippen molar-refractivity contribution in [2.45, 2.75) is 13.3 Å². The number of anilines is 2. The van der Waals surface area contributed by atoms with Crippen molar-refractivity contribution in [1.29, 1.82) is 0 Å². The topological polar surface area (TPSA) is 73.1 Å². The van der Waals surface area contributed by atoms with Gasteiger partial charge in [0.05, 0.1) is 0 Å². The van der Waals surface area contributed by atoms with Crippen molar-refractivity contribution in [2.75, 3.05) is 17.6 Å². The summed E-state index contributed by atoms with van der Waals surface area (Å²) in [7, 11) is 0. The molecule has 0 fully saturated rings. The quantitative estimate of drug-likeness (QED) is 0.797. The second-order valence-corrected chi connectivity index (χ2v) is 5.09. The smallest absolute Gasteiger partial charge is 0.226 e. The van der Waals surface area contributed by atoms with E-state index in [2.05, 4.69) is 31.2 Å². The largest absolute Gasteiger partial charge is 0.436 e. The van der Waals surface area contributed by atoms with Gasteiger partial charge in [0.1, 0.15) is 5.82 Å². The molecule has 0 bridgehead atoms. The van der Waals surface area contributed by atoms with E-state index in [0.29, 0.717) is 16.8 Å². The van der Waals surface area contributed by atoms with Crippen molar-refractivity contribution in [3.8, 4) is 11.6 Å². The van der Waals surface area contributed by atoms with Crippen LogP contribution in [-0.2, 0) is 0 Å². The van der Waals surface area contributed by atoms with Crippen LogP contribution in [0.25, 0.3) is 0 Å². The summed E-state index contributed by atoms with van der Waals surface area (Å²) in [5, 5.41) is 3.01. The average molecular weight is 359 g/mol. The molecule has 0 spiro atoms. The Morgan fingerprint density at radius 3 is 2.76 bits per heavy atom. The number of nitrogens with two attached hydrogens (primary N) is 1. The standard InChI is InChI=1S/C13H13BrF2N4O/c1-2-3-18-10-6-11(20-13(17)19-10)21-9-5-7(14)4-8(15)12(9)16/h4-6H,2-3H2,1H3,(H3,17,18,19,20). The molecule has 0 saturated carbocycles. The molecule has 2 rings (SSSR count). The number of ether oxygens (including phenoxy) is 1. The van der Waals surface area contributed by atoms with E-state index < -0.39 is 11.6 Å². The van der Waals surface area contributed by atoms with E-state index in [1.807, 2.05) is 6.92 Å². The lowest BCUT2D eigenvalue weighted by atomic mass is 10.3. The van der Waals surface area contributed by atoms with Crippen LogP contribution in [0.4, 0.5) is 20.5 Å². The van der Waals surface area contributed by atoms with Gasteiger partial charge in [0.2, 0.25) is 17.6 Å². The number of hydrogen-bond acceptors (Lipinski definition) is 5. The molecule has 0 unspecified atom stereocenters. The van der Waals surface area contributed by atoms with E-state index in [1.165, 1.54) is 12.1 Å². The van der Waals surface area contributed by atoms with Crippen LogP contribution < -0.4 is 15.8 Å². The zero-order valence-electron chi connectivity index (χ0n) is 11.2. The number of halogens is 3. The number of nitrogen functional groups attached to an aromatic ring is 1. The average Bonchev–Trinajstić information content (AvgIpc) is 2.41. The summed E-state index contributed by atoms with van der Waals surface area (Å²) in [5.41, 5.74) is 5.56. The van der Waals surface area contributed by atoms with Crippen LogP contribution in [0.1, 0.15) is 13.3 Å². The van der Waals surface area contributed by atoms with Gasteiger partial charge in [-0.25, -0.2) is 4.39 Å². The molecule has 21 heavy (non-hydrogen) atoms. The molecule has 0 aliphatic rings. The Morgan fingerprint density at radius 1 is 1.29 bits per heavy atom. The molecule has 0 aliphatic heterocycles. The summed E-state index contributed by atoms with van der Waals surface area (Å²) in [4.78, 5) is 7.81. The molecule has 0 atom stereocenters. The highest BCUT2D eigenvalue weighted by Gasteiger charge is 2.13. The normalized spacial score (nSPS) is 10.5. The van der Waals surface area contributed by atoms with Gasteiger partial charge in [-0.3, -0.25) is 0 Å². The van der Waals surface area contributed by atoms with Gasteiger partial charge in [-0.15, -0.1) is 0 Å². The van der Waals surface area contributed by atoms with Crippen molar-refractivity contribution in [3.05, 3.63) is 34.3 Å². The maximum Gasteiger partial charge on any atom is 0.226 e. The third kappa shape index (κ3) is 4.01. The van der Waals surface area contributed by atoms with Crippen LogP contribution in [0, 0.1) is 11.6 Å². The van der Waals surface area contributed by atoms with E-state index >= 15 is 0 Å². The molecular weight excluding hydrogens is 346 g/mol. The molecule has 2 aromatic rings. The molecule has 0 amide bonds. The van der Waals surface area contributed by atoms with Gasteiger partial charge in [-0.1, -0.05) is 22.9 Å². The fraction of sp³-hybridized carbons (Fsp3) is 0.231. The van der Waals surface area contributed by atoms with Gasteiger partial charge in [-0.2, -0.15) is 14.4 Å². The molecule has 0 aliphatic carbocycles. The maximum atomic E-state index is 13.7. The zero-order valence-corrected chi connectivity index (χ0v) is 12.7. The minimum Gasteiger partial charge on any atom is -0.436 e. The van der Waals surface area contributed by atoms with E-state index in [-0.39, 0.29) is 17.6 Å². The van der Waals surface area contributed by atoms with Gasteiger partial charge in [0, 0.05) is 17.1 Å². The summed E-state index contributed by atoms with van der Waals surface area (Å²) in [5.74, 6) is -1.96. The third-order valence-corrected chi connectivity index (χ3v) is 2.91. The summed E-state index contributed by atoms with van der Waals surface area (Å²) in [6, 6.07) is 3.77. The number of rotatable bonds is 5. The molecule has 112 valence electrons. The van der Waals surface area contributed by atoms with E-state index in [0.717, 1.165) is 12.5 Å². The van der Waals surface area contributed by atoms with Crippen LogP contribution in [-0.4, -0.2) is 16.5 Å². The summed E-state index contributed by atoms with van der Waals surface area (Å²) in [6.07, 6.45) is 0.894. The predicted molar refractivity (Wildman–Crippen MR) is 79.4 cm³/mol. The second kappa shape index (κ2) is 6.66. The minimum absolute atomic E-state index is 0.0255.